The monoisotopic (exact) mass is 491 g/mol. The molecule has 0 bridgehead atoms. The number of nitrogens with one attached hydrogen (secondary N) is 2. The predicted molar refractivity (Wildman–Crippen MR) is 155 cm³/mol. The van der Waals surface area contributed by atoms with Gasteiger partial charge in [-0.25, -0.2) is 4.79 Å². The first-order chi connectivity index (χ1) is 17.9. The van der Waals surface area contributed by atoms with Gasteiger partial charge in [0.05, 0.1) is 11.4 Å². The van der Waals surface area contributed by atoms with Gasteiger partial charge in [-0.2, -0.15) is 5.01 Å². The summed E-state index contributed by atoms with van der Waals surface area (Å²) < 4.78 is 5.65. The minimum absolute atomic E-state index is 0.461. The van der Waals surface area contributed by atoms with Crippen LogP contribution in [0.3, 0.4) is 0 Å². The zero-order chi connectivity index (χ0) is 25.8. The van der Waals surface area contributed by atoms with Crippen LogP contribution in [-0.4, -0.2) is 18.2 Å². The molecular weight excluding hydrogens is 458 g/mol. The van der Waals surface area contributed by atoms with Crippen LogP contribution in [0.4, 0.5) is 21.9 Å². The molecule has 0 radical (unpaired) electrons. The van der Waals surface area contributed by atoms with E-state index in [1.165, 1.54) is 21.2 Å². The van der Waals surface area contributed by atoms with Crippen LogP contribution in [0.15, 0.2) is 103 Å². The molecule has 1 amide bonds. The van der Waals surface area contributed by atoms with Crippen LogP contribution in [0.1, 0.15) is 27.2 Å². The maximum atomic E-state index is 13.0. The number of nitrogens with zero attached hydrogens (tertiary/aromatic N) is 1. The first kappa shape index (κ1) is 24.4. The van der Waals surface area contributed by atoms with Gasteiger partial charge in [-0.3, -0.25) is 5.43 Å². The van der Waals surface area contributed by atoms with Crippen LogP contribution >= 0.6 is 0 Å². The number of hydrogen-bond donors (Lipinski definition) is 2. The molecule has 0 aliphatic heterocycles. The molecule has 0 aromatic heterocycles. The zero-order valence-corrected chi connectivity index (χ0v) is 21.6. The van der Waals surface area contributed by atoms with Gasteiger partial charge in [0, 0.05) is 12.2 Å². The molecule has 188 valence electrons. The number of ether oxygens (including phenoxy) is 1. The minimum Gasteiger partial charge on any atom is -0.442 e. The Morgan fingerprint density at radius 2 is 1.57 bits per heavy atom. The Kier molecular flexibility index (Phi) is 6.87. The minimum atomic E-state index is -0.605. The summed E-state index contributed by atoms with van der Waals surface area (Å²) in [4.78, 5) is 13.0. The molecule has 4 aromatic rings. The topological polar surface area (TPSA) is 53.6 Å². The third-order valence-electron chi connectivity index (χ3n) is 6.30. The van der Waals surface area contributed by atoms with E-state index in [-0.39, 0.29) is 0 Å². The summed E-state index contributed by atoms with van der Waals surface area (Å²) in [6.45, 7) is 6.51. The first-order valence-corrected chi connectivity index (χ1v) is 12.7. The van der Waals surface area contributed by atoms with Gasteiger partial charge in [-0.05, 0) is 91.1 Å². The quantitative estimate of drug-likeness (QED) is 0.210. The standard InChI is InChI=1S/C32H33N3O2/c1-32(2,3)37-31(36)35(28-12-8-5-9-13-28)34-27-17-19-30-25(21-27)15-14-24-20-26(16-18-29(24)30)33-22-23-10-6-4-7-11-23/h4-10,12-21,23,33-34H,11,22H2,1-3H3. The van der Waals surface area contributed by atoms with Crippen molar-refractivity contribution in [3.8, 4) is 0 Å². The summed E-state index contributed by atoms with van der Waals surface area (Å²) in [5, 5.41) is 9.68. The van der Waals surface area contributed by atoms with Crippen LogP contribution in [-0.2, 0) is 4.74 Å². The van der Waals surface area contributed by atoms with E-state index in [2.05, 4.69) is 77.5 Å². The van der Waals surface area contributed by atoms with Gasteiger partial charge in [0.1, 0.15) is 5.60 Å². The van der Waals surface area contributed by atoms with Crippen molar-refractivity contribution in [1.82, 2.24) is 0 Å². The van der Waals surface area contributed by atoms with Crippen LogP contribution in [0.25, 0.3) is 21.5 Å². The Morgan fingerprint density at radius 3 is 2.22 bits per heavy atom. The highest BCUT2D eigenvalue weighted by atomic mass is 16.6. The Hall–Kier alpha value is -4.25. The van der Waals surface area contributed by atoms with Gasteiger partial charge in [0.25, 0.3) is 0 Å². The molecule has 1 atom stereocenters. The number of hydrazine groups is 1. The molecule has 1 unspecified atom stereocenters. The highest BCUT2D eigenvalue weighted by molar-refractivity contribution is 6.09. The maximum Gasteiger partial charge on any atom is 0.433 e. The SMILES string of the molecule is CC(C)(C)OC(=O)N(Nc1ccc2c(ccc3cc(NCC4C=CC=CC4)ccc32)c1)c1ccccc1. The number of para-hydroxylation sites is 1. The van der Waals surface area contributed by atoms with Crippen LogP contribution in [0.5, 0.6) is 0 Å². The van der Waals surface area contributed by atoms with Crippen molar-refractivity contribution in [1.29, 1.82) is 0 Å². The Balaban J connectivity index is 1.38. The number of rotatable bonds is 6. The van der Waals surface area contributed by atoms with Gasteiger partial charge in [0.2, 0.25) is 0 Å². The predicted octanol–water partition coefficient (Wildman–Crippen LogP) is 8.31. The number of fused-ring (bicyclic) bond motifs is 3. The normalized spacial score (nSPS) is 15.1. The van der Waals surface area contributed by atoms with Crippen LogP contribution in [0, 0.1) is 5.92 Å². The van der Waals surface area contributed by atoms with E-state index >= 15 is 0 Å². The smallest absolute Gasteiger partial charge is 0.433 e. The second-order valence-corrected chi connectivity index (χ2v) is 10.4. The van der Waals surface area contributed by atoms with E-state index in [0.29, 0.717) is 11.6 Å². The van der Waals surface area contributed by atoms with Crippen molar-refractivity contribution in [3.63, 3.8) is 0 Å². The number of hydrogen-bond acceptors (Lipinski definition) is 4. The third kappa shape index (κ3) is 5.95. The van der Waals surface area contributed by atoms with E-state index < -0.39 is 11.7 Å². The Labute approximate surface area is 218 Å². The van der Waals surface area contributed by atoms with Crippen molar-refractivity contribution < 1.29 is 9.53 Å². The lowest BCUT2D eigenvalue weighted by Gasteiger charge is -2.28. The first-order valence-electron chi connectivity index (χ1n) is 12.7. The lowest BCUT2D eigenvalue weighted by Crippen LogP contribution is -2.40. The molecule has 5 nitrogen and oxygen atoms in total. The van der Waals surface area contributed by atoms with Crippen molar-refractivity contribution in [2.45, 2.75) is 32.8 Å². The summed E-state index contributed by atoms with van der Waals surface area (Å²) in [6.07, 6.45) is 9.32. The summed E-state index contributed by atoms with van der Waals surface area (Å²) in [5.74, 6) is 0.527. The lowest BCUT2D eigenvalue weighted by atomic mass is 9.99. The van der Waals surface area contributed by atoms with E-state index in [1.807, 2.05) is 57.2 Å². The molecule has 37 heavy (non-hydrogen) atoms. The van der Waals surface area contributed by atoms with Crippen LogP contribution in [0.2, 0.25) is 0 Å². The summed E-state index contributed by atoms with van der Waals surface area (Å²) >= 11 is 0. The molecule has 1 aliphatic rings. The largest absolute Gasteiger partial charge is 0.442 e. The molecule has 5 heteroatoms. The molecule has 1 aliphatic carbocycles. The molecule has 0 saturated heterocycles. The number of carbonyl (C=O) groups excluding carboxylic acids is 1. The molecular formula is C32H33N3O2. The summed E-state index contributed by atoms with van der Waals surface area (Å²) in [6, 6.07) is 26.4. The van der Waals surface area contributed by atoms with Gasteiger partial charge in [-0.1, -0.05) is 66.8 Å². The van der Waals surface area contributed by atoms with E-state index in [9.17, 15) is 4.79 Å². The summed E-state index contributed by atoms with van der Waals surface area (Å²) in [7, 11) is 0. The Morgan fingerprint density at radius 1 is 0.892 bits per heavy atom. The fourth-order valence-electron chi connectivity index (χ4n) is 4.51. The van der Waals surface area contributed by atoms with Crippen molar-refractivity contribution in [2.24, 2.45) is 5.92 Å². The van der Waals surface area contributed by atoms with Gasteiger partial charge in [-0.15, -0.1) is 0 Å². The number of allylic oxidation sites excluding steroid dienone is 3. The van der Waals surface area contributed by atoms with Gasteiger partial charge < -0.3 is 10.1 Å². The molecule has 0 fully saturated rings. The molecule has 0 spiro atoms. The molecule has 2 N–H and O–H groups in total. The second-order valence-electron chi connectivity index (χ2n) is 10.4. The lowest BCUT2D eigenvalue weighted by molar-refractivity contribution is 0.0589. The molecule has 0 saturated carbocycles. The fraction of sp³-hybridized carbons (Fsp3) is 0.219. The van der Waals surface area contributed by atoms with Gasteiger partial charge in [0.15, 0.2) is 0 Å². The van der Waals surface area contributed by atoms with Crippen molar-refractivity contribution >= 4 is 44.7 Å². The fourth-order valence-corrected chi connectivity index (χ4v) is 4.51. The third-order valence-corrected chi connectivity index (χ3v) is 6.30. The number of anilines is 3. The maximum absolute atomic E-state index is 13.0. The molecule has 4 aromatic carbocycles. The van der Waals surface area contributed by atoms with Crippen molar-refractivity contribution in [3.05, 3.63) is 103 Å². The Bertz CT molecular complexity index is 1470. The second kappa shape index (κ2) is 10.4. The zero-order valence-electron chi connectivity index (χ0n) is 21.6. The summed E-state index contributed by atoms with van der Waals surface area (Å²) in [5.41, 5.74) is 5.28. The van der Waals surface area contributed by atoms with E-state index in [4.69, 9.17) is 4.74 Å². The number of carbonyl (C=O) groups is 1. The average Bonchev–Trinajstić information content (AvgIpc) is 2.90. The average molecular weight is 492 g/mol. The van der Waals surface area contributed by atoms with Crippen molar-refractivity contribution in [2.75, 3.05) is 22.3 Å². The van der Waals surface area contributed by atoms with E-state index in [0.717, 1.165) is 29.7 Å². The number of amides is 1. The molecule has 0 heterocycles. The van der Waals surface area contributed by atoms with Crippen LogP contribution < -0.4 is 15.8 Å². The molecule has 5 rings (SSSR count). The number of benzene rings is 4. The van der Waals surface area contributed by atoms with Gasteiger partial charge >= 0.3 is 6.09 Å². The highest BCUT2D eigenvalue weighted by Gasteiger charge is 2.24. The highest BCUT2D eigenvalue weighted by Crippen LogP contribution is 2.30. The van der Waals surface area contributed by atoms with E-state index in [1.54, 1.807) is 0 Å².